The Balaban J connectivity index is 1.70. The van der Waals surface area contributed by atoms with Crippen molar-refractivity contribution in [2.45, 2.75) is 0 Å². The summed E-state index contributed by atoms with van der Waals surface area (Å²) in [6.45, 7) is 0. The molecule has 0 spiro atoms. The molecule has 0 fully saturated rings. The first-order chi connectivity index (χ1) is 27.0. The van der Waals surface area contributed by atoms with Gasteiger partial charge >= 0.3 is 0 Å². The quantitative estimate of drug-likeness (QED) is 0.158. The molecule has 0 atom stereocenters. The zero-order valence-electron chi connectivity index (χ0n) is 37.0. The van der Waals surface area contributed by atoms with Crippen molar-refractivity contribution in [1.29, 1.82) is 0 Å². The Morgan fingerprint density at radius 3 is 2.05 bits per heavy atom. The van der Waals surface area contributed by atoms with Crippen LogP contribution in [0.4, 0.5) is 0 Å². The zero-order valence-corrected chi connectivity index (χ0v) is 21.0. The summed E-state index contributed by atoms with van der Waals surface area (Å²) in [7, 11) is 0. The van der Waals surface area contributed by atoms with E-state index in [0.717, 1.165) is 10.8 Å². The van der Waals surface area contributed by atoms with E-state index in [1.54, 1.807) is 12.1 Å². The van der Waals surface area contributed by atoms with E-state index in [1.165, 1.54) is 6.07 Å². The molecule has 190 valence electrons. The van der Waals surface area contributed by atoms with Crippen molar-refractivity contribution in [1.82, 2.24) is 0 Å². The Morgan fingerprint density at radius 2 is 1.20 bits per heavy atom. The van der Waals surface area contributed by atoms with E-state index < -0.39 is 96.7 Å². The molecule has 0 N–H and O–H groups in total. The first-order valence-corrected chi connectivity index (χ1v) is 12.8. The maximum atomic E-state index is 9.56. The summed E-state index contributed by atoms with van der Waals surface area (Å²) in [6, 6.07) is 3.59. The van der Waals surface area contributed by atoms with E-state index >= 15 is 0 Å². The summed E-state index contributed by atoms with van der Waals surface area (Å²) >= 11 is 0. The number of benzene rings is 8. The molecule has 1 heterocycles. The molecule has 0 saturated carbocycles. The Bertz CT molecular complexity index is 3340. The van der Waals surface area contributed by atoms with Gasteiger partial charge in [-0.05, 0) is 84.0 Å². The molecule has 0 aliphatic heterocycles. The van der Waals surface area contributed by atoms with E-state index in [4.69, 9.17) is 20.9 Å². The molecule has 1 heteroatoms. The smallest absolute Gasteiger partial charge is 0.136 e. The third-order valence-corrected chi connectivity index (χ3v) is 7.46. The third-order valence-electron chi connectivity index (χ3n) is 7.46. The van der Waals surface area contributed by atoms with Crippen molar-refractivity contribution >= 4 is 65.0 Å². The number of rotatable bonds is 2. The highest BCUT2D eigenvalue weighted by Gasteiger charge is 2.22. The molecular weight excluding hydrogens is 496 g/mol. The SMILES string of the molecule is [2H]c1c([2H])c([2H])c(-c2ccc3oc4cc5ccccc5cc4c3c2-c2c3c([2H])c([2H])c([2H])c([2H])c3c([2H])c3c2c([2H])c([2H])c2c([2H])c([2H])c([2H])c([2H])c23)c([2H])c1[2H]. The van der Waals surface area contributed by atoms with Gasteiger partial charge < -0.3 is 4.42 Å². The van der Waals surface area contributed by atoms with Crippen molar-refractivity contribution < 1.29 is 26.3 Å². The molecule has 1 aromatic heterocycles. The standard InChI is InChI=1S/C40H24O/c1-2-10-25(11-3-1)32-20-21-36-39(35-22-27-13-4-5-14-28(27)24-37(35)41-36)40(32)38-31-17-9-7-15-29(31)23-34-30-16-8-6-12-26(30)18-19-33(34)38/h1-24H/i1D,2D,3D,6D,7D,8D,9D,10D,11D,12D,15D,16D,17D,18D,19D,23D. The van der Waals surface area contributed by atoms with Crippen LogP contribution in [-0.4, -0.2) is 0 Å². The molecule has 9 aromatic rings. The van der Waals surface area contributed by atoms with Crippen LogP contribution in [0.2, 0.25) is 0 Å². The van der Waals surface area contributed by atoms with Gasteiger partial charge in [-0.2, -0.15) is 0 Å². The van der Waals surface area contributed by atoms with E-state index in [2.05, 4.69) is 0 Å². The lowest BCUT2D eigenvalue weighted by molar-refractivity contribution is 0.669. The molecular formula is C40H24O. The van der Waals surface area contributed by atoms with Crippen LogP contribution < -0.4 is 0 Å². The van der Waals surface area contributed by atoms with Crippen molar-refractivity contribution in [2.75, 3.05) is 0 Å². The average molecular weight is 537 g/mol. The fourth-order valence-electron chi connectivity index (χ4n) is 5.72. The normalized spacial score (nSPS) is 17.4. The highest BCUT2D eigenvalue weighted by atomic mass is 16.3. The van der Waals surface area contributed by atoms with Gasteiger partial charge in [0.1, 0.15) is 11.2 Å². The van der Waals surface area contributed by atoms with Gasteiger partial charge in [0.2, 0.25) is 0 Å². The van der Waals surface area contributed by atoms with Gasteiger partial charge in [-0.15, -0.1) is 0 Å². The highest BCUT2D eigenvalue weighted by molar-refractivity contribution is 6.27. The predicted molar refractivity (Wildman–Crippen MR) is 175 cm³/mol. The summed E-state index contributed by atoms with van der Waals surface area (Å²) in [5, 5.41) is 0.358. The fourth-order valence-corrected chi connectivity index (χ4v) is 5.72. The van der Waals surface area contributed by atoms with E-state index in [0.29, 0.717) is 11.0 Å². The molecule has 0 bridgehead atoms. The van der Waals surface area contributed by atoms with Crippen LogP contribution in [0.5, 0.6) is 0 Å². The zero-order chi connectivity index (χ0) is 40.8. The average Bonchev–Trinajstić information content (AvgIpc) is 3.56. The van der Waals surface area contributed by atoms with E-state index in [-0.39, 0.29) is 65.5 Å². The monoisotopic (exact) mass is 536 g/mol. The van der Waals surface area contributed by atoms with Gasteiger partial charge in [-0.25, -0.2) is 0 Å². The number of hydrogen-bond acceptors (Lipinski definition) is 1. The minimum atomic E-state index is -0.704. The van der Waals surface area contributed by atoms with Gasteiger partial charge in [0, 0.05) is 16.3 Å². The van der Waals surface area contributed by atoms with Crippen molar-refractivity contribution in [3.63, 3.8) is 0 Å². The van der Waals surface area contributed by atoms with E-state index in [1.807, 2.05) is 30.3 Å². The Morgan fingerprint density at radius 1 is 0.463 bits per heavy atom. The lowest BCUT2D eigenvalue weighted by Gasteiger charge is -2.18. The third kappa shape index (κ3) is 3.30. The predicted octanol–water partition coefficient (Wildman–Crippen LogP) is 11.5. The van der Waals surface area contributed by atoms with Crippen molar-refractivity contribution in [3.8, 4) is 22.3 Å². The first kappa shape index (κ1) is 12.0. The second-order valence-corrected chi connectivity index (χ2v) is 9.66. The van der Waals surface area contributed by atoms with Crippen molar-refractivity contribution in [3.05, 3.63) is 145 Å². The minimum Gasteiger partial charge on any atom is -0.456 e. The van der Waals surface area contributed by atoms with Gasteiger partial charge in [0.05, 0.1) is 21.9 Å². The topological polar surface area (TPSA) is 13.1 Å². The van der Waals surface area contributed by atoms with Crippen LogP contribution in [0.25, 0.3) is 87.3 Å². The van der Waals surface area contributed by atoms with Crippen LogP contribution in [0, 0.1) is 0 Å². The van der Waals surface area contributed by atoms with Gasteiger partial charge in [0.25, 0.3) is 0 Å². The molecule has 0 saturated heterocycles. The maximum Gasteiger partial charge on any atom is 0.136 e. The molecule has 0 aliphatic rings. The van der Waals surface area contributed by atoms with Crippen LogP contribution in [0.3, 0.4) is 0 Å². The Labute approximate surface area is 259 Å². The van der Waals surface area contributed by atoms with Crippen LogP contribution in [-0.2, 0) is 0 Å². The lowest BCUT2D eigenvalue weighted by Crippen LogP contribution is -1.91. The number of fused-ring (bicyclic) bond motifs is 8. The summed E-state index contributed by atoms with van der Waals surface area (Å²) in [5.41, 5.74) is 0.0771. The summed E-state index contributed by atoms with van der Waals surface area (Å²) < 4.78 is 149. The molecule has 0 aliphatic carbocycles. The highest BCUT2D eigenvalue weighted by Crippen LogP contribution is 2.48. The summed E-state index contributed by atoms with van der Waals surface area (Å²) in [5.74, 6) is 0. The number of furan rings is 1. The van der Waals surface area contributed by atoms with Crippen molar-refractivity contribution in [2.24, 2.45) is 0 Å². The summed E-state index contributed by atoms with van der Waals surface area (Å²) in [6.07, 6.45) is 0. The first-order valence-electron chi connectivity index (χ1n) is 20.8. The molecule has 1 nitrogen and oxygen atoms in total. The maximum absolute atomic E-state index is 9.56. The lowest BCUT2D eigenvalue weighted by atomic mass is 9.84. The molecule has 0 radical (unpaired) electrons. The minimum absolute atomic E-state index is 0.00632. The fraction of sp³-hybridized carbons (Fsp3) is 0. The number of hydrogen-bond donors (Lipinski definition) is 0. The van der Waals surface area contributed by atoms with Gasteiger partial charge in [0.15, 0.2) is 0 Å². The molecule has 0 amide bonds. The molecule has 9 rings (SSSR count). The Hall–Kier alpha value is -5.40. The molecule has 0 unspecified atom stereocenters. The van der Waals surface area contributed by atoms with Crippen LogP contribution >= 0.6 is 0 Å². The molecule has 41 heavy (non-hydrogen) atoms. The van der Waals surface area contributed by atoms with Gasteiger partial charge in [-0.3, -0.25) is 0 Å². The molecule has 8 aromatic carbocycles. The Kier molecular flexibility index (Phi) is 2.50. The van der Waals surface area contributed by atoms with Crippen LogP contribution in [0.1, 0.15) is 21.9 Å². The largest absolute Gasteiger partial charge is 0.456 e. The van der Waals surface area contributed by atoms with Gasteiger partial charge in [-0.1, -0.05) is 121 Å². The second-order valence-electron chi connectivity index (χ2n) is 9.66. The second kappa shape index (κ2) is 8.55. The van der Waals surface area contributed by atoms with E-state index in [9.17, 15) is 5.48 Å². The summed E-state index contributed by atoms with van der Waals surface area (Å²) in [4.78, 5) is 0. The van der Waals surface area contributed by atoms with Crippen LogP contribution in [0.15, 0.2) is 150 Å².